The number of ether oxygens (including phenoxy) is 1. The molecule has 1 aromatic carbocycles. The van der Waals surface area contributed by atoms with Crippen LogP contribution in [-0.2, 0) is 4.79 Å². The van der Waals surface area contributed by atoms with Crippen molar-refractivity contribution in [1.82, 2.24) is 24.6 Å². The van der Waals surface area contributed by atoms with E-state index in [4.69, 9.17) is 15.5 Å². The standard InChI is InChI=1S/C21H22N6O3.Na/c1-30-15-4-2-3-13-9-14(25-16(13)15)17-18-19(22)23-10-24-27(18)20(26-17)11-5-7-12(8-6-11)21(28)29;/h2-4,9-12,25H,5-8H2,1H3,(H,28,29)(H2,22,23,24);/t11-,12-;. The second-order valence-corrected chi connectivity index (χ2v) is 7.72. The third kappa shape index (κ3) is 3.66. The summed E-state index contributed by atoms with van der Waals surface area (Å²) in [5, 5.41) is 14.7. The number of H-pyrrole nitrogens is 1. The summed E-state index contributed by atoms with van der Waals surface area (Å²) in [6, 6.07) is 7.85. The van der Waals surface area contributed by atoms with E-state index in [-0.39, 0.29) is 41.4 Å². The van der Waals surface area contributed by atoms with Gasteiger partial charge in [0.2, 0.25) is 0 Å². The van der Waals surface area contributed by atoms with E-state index in [0.29, 0.717) is 29.9 Å². The zero-order valence-corrected chi connectivity index (χ0v) is 19.5. The van der Waals surface area contributed by atoms with E-state index in [9.17, 15) is 9.90 Å². The summed E-state index contributed by atoms with van der Waals surface area (Å²) in [5.74, 6) is 1.01. The number of hydrogen-bond acceptors (Lipinski definition) is 6. The van der Waals surface area contributed by atoms with Crippen molar-refractivity contribution >= 4 is 57.8 Å². The molecule has 10 heteroatoms. The van der Waals surface area contributed by atoms with E-state index in [1.165, 1.54) is 6.33 Å². The number of para-hydroxylation sites is 1. The smallest absolute Gasteiger partial charge is 0.306 e. The Kier molecular flexibility index (Phi) is 5.92. The van der Waals surface area contributed by atoms with Gasteiger partial charge >= 0.3 is 5.97 Å². The molecule has 1 fully saturated rings. The van der Waals surface area contributed by atoms with Crippen LogP contribution in [-0.4, -0.2) is 72.3 Å². The fourth-order valence-corrected chi connectivity index (χ4v) is 4.45. The fourth-order valence-electron chi connectivity index (χ4n) is 4.45. The third-order valence-corrected chi connectivity index (χ3v) is 6.02. The number of carboxylic acids is 1. The second kappa shape index (κ2) is 8.49. The molecule has 1 radical (unpaired) electrons. The van der Waals surface area contributed by atoms with Gasteiger partial charge in [0.25, 0.3) is 0 Å². The van der Waals surface area contributed by atoms with Gasteiger partial charge in [-0.3, -0.25) is 4.79 Å². The number of nitrogens with zero attached hydrogens (tertiary/aromatic N) is 4. The molecule has 0 atom stereocenters. The van der Waals surface area contributed by atoms with Crippen molar-refractivity contribution in [3.63, 3.8) is 0 Å². The predicted octanol–water partition coefficient (Wildman–Crippen LogP) is 2.84. The number of carbonyl (C=O) groups is 1. The van der Waals surface area contributed by atoms with E-state index in [0.717, 1.165) is 41.0 Å². The van der Waals surface area contributed by atoms with Crippen LogP contribution in [0.5, 0.6) is 5.75 Å². The van der Waals surface area contributed by atoms with Gasteiger partial charge in [-0.2, -0.15) is 5.10 Å². The monoisotopic (exact) mass is 429 g/mol. The first kappa shape index (κ1) is 21.6. The molecule has 31 heavy (non-hydrogen) atoms. The van der Waals surface area contributed by atoms with Crippen LogP contribution in [0.2, 0.25) is 0 Å². The minimum absolute atomic E-state index is 0. The van der Waals surface area contributed by atoms with Crippen molar-refractivity contribution in [3.05, 3.63) is 36.4 Å². The van der Waals surface area contributed by atoms with Gasteiger partial charge in [0.15, 0.2) is 5.82 Å². The number of methoxy groups -OCH3 is 1. The number of anilines is 1. The largest absolute Gasteiger partial charge is 0.495 e. The first-order valence-electron chi connectivity index (χ1n) is 9.94. The van der Waals surface area contributed by atoms with E-state index in [2.05, 4.69) is 15.1 Å². The summed E-state index contributed by atoms with van der Waals surface area (Å²) < 4.78 is 7.22. The van der Waals surface area contributed by atoms with Crippen molar-refractivity contribution in [2.75, 3.05) is 12.8 Å². The number of nitrogens with one attached hydrogen (secondary N) is 1. The van der Waals surface area contributed by atoms with Gasteiger partial charge in [-0.05, 0) is 37.8 Å². The molecule has 4 aromatic rings. The Balaban J connectivity index is 0.00000231. The molecule has 0 amide bonds. The summed E-state index contributed by atoms with van der Waals surface area (Å²) >= 11 is 0. The number of carboxylic acid groups (broad SMARTS) is 1. The van der Waals surface area contributed by atoms with Gasteiger partial charge in [-0.1, -0.05) is 12.1 Å². The molecule has 1 saturated carbocycles. The van der Waals surface area contributed by atoms with Gasteiger partial charge < -0.3 is 20.6 Å². The van der Waals surface area contributed by atoms with Gasteiger partial charge in [0, 0.05) is 40.9 Å². The third-order valence-electron chi connectivity index (χ3n) is 6.02. The molecule has 155 valence electrons. The van der Waals surface area contributed by atoms with Crippen LogP contribution in [0.1, 0.15) is 37.4 Å². The van der Waals surface area contributed by atoms with Crippen LogP contribution in [0.15, 0.2) is 30.6 Å². The molecule has 1 aliphatic carbocycles. The van der Waals surface area contributed by atoms with Gasteiger partial charge in [0.1, 0.15) is 29.1 Å². The molecule has 9 nitrogen and oxygen atoms in total. The number of benzene rings is 1. The average Bonchev–Trinajstić information content (AvgIpc) is 3.36. The Hall–Kier alpha value is -2.62. The van der Waals surface area contributed by atoms with Crippen LogP contribution in [0.25, 0.3) is 27.8 Å². The van der Waals surface area contributed by atoms with E-state index >= 15 is 0 Å². The van der Waals surface area contributed by atoms with Crippen LogP contribution >= 0.6 is 0 Å². The number of aromatic amines is 1. The number of imidazole rings is 1. The molecule has 3 heterocycles. The maximum Gasteiger partial charge on any atom is 0.306 e. The molecule has 0 aliphatic heterocycles. The molecule has 0 spiro atoms. The average molecular weight is 429 g/mol. The van der Waals surface area contributed by atoms with Crippen LogP contribution < -0.4 is 10.5 Å². The molecule has 0 saturated heterocycles. The molecular formula is C21H22N6NaO3. The number of nitrogen functional groups attached to an aromatic ring is 1. The zero-order chi connectivity index (χ0) is 20.8. The van der Waals surface area contributed by atoms with Crippen molar-refractivity contribution in [2.45, 2.75) is 31.6 Å². The Morgan fingerprint density at radius 1 is 1.29 bits per heavy atom. The maximum atomic E-state index is 11.3. The normalized spacial score (nSPS) is 18.7. The number of aromatic nitrogens is 5. The summed E-state index contributed by atoms with van der Waals surface area (Å²) in [6.07, 6.45) is 4.19. The predicted molar refractivity (Wildman–Crippen MR) is 117 cm³/mol. The number of rotatable bonds is 4. The summed E-state index contributed by atoms with van der Waals surface area (Å²) in [7, 11) is 1.64. The van der Waals surface area contributed by atoms with E-state index < -0.39 is 5.97 Å². The zero-order valence-electron chi connectivity index (χ0n) is 17.5. The first-order valence-corrected chi connectivity index (χ1v) is 9.94. The van der Waals surface area contributed by atoms with Gasteiger partial charge in [0.05, 0.1) is 24.2 Å². The van der Waals surface area contributed by atoms with Crippen molar-refractivity contribution < 1.29 is 14.6 Å². The quantitative estimate of drug-likeness (QED) is 0.425. The topological polar surface area (TPSA) is 131 Å². The minimum atomic E-state index is -0.722. The van der Waals surface area contributed by atoms with Crippen molar-refractivity contribution in [2.24, 2.45) is 5.92 Å². The molecule has 0 unspecified atom stereocenters. The van der Waals surface area contributed by atoms with Crippen LogP contribution in [0.3, 0.4) is 0 Å². The van der Waals surface area contributed by atoms with Crippen LogP contribution in [0, 0.1) is 5.92 Å². The molecule has 4 N–H and O–H groups in total. The Bertz CT molecular complexity index is 1260. The number of fused-ring (bicyclic) bond motifs is 2. The first-order chi connectivity index (χ1) is 14.6. The number of aliphatic carboxylic acids is 1. The van der Waals surface area contributed by atoms with Gasteiger partial charge in [-0.25, -0.2) is 14.5 Å². The molecule has 1 aliphatic rings. The van der Waals surface area contributed by atoms with Crippen molar-refractivity contribution in [3.8, 4) is 17.1 Å². The molecule has 3 aromatic heterocycles. The van der Waals surface area contributed by atoms with E-state index in [1.54, 1.807) is 11.6 Å². The second-order valence-electron chi connectivity index (χ2n) is 7.72. The number of nitrogens with two attached hydrogens (primary N) is 1. The Labute approximate surface area is 200 Å². The van der Waals surface area contributed by atoms with E-state index in [1.807, 2.05) is 24.3 Å². The van der Waals surface area contributed by atoms with Crippen LogP contribution in [0.4, 0.5) is 5.82 Å². The summed E-state index contributed by atoms with van der Waals surface area (Å²) in [6.45, 7) is 0. The maximum absolute atomic E-state index is 11.3. The van der Waals surface area contributed by atoms with Crippen molar-refractivity contribution in [1.29, 1.82) is 0 Å². The summed E-state index contributed by atoms with van der Waals surface area (Å²) in [5.41, 5.74) is 9.24. The fraction of sp³-hybridized carbons (Fsp3) is 0.333. The Morgan fingerprint density at radius 2 is 2.06 bits per heavy atom. The summed E-state index contributed by atoms with van der Waals surface area (Å²) in [4.78, 5) is 23.8. The SMILES string of the molecule is COc1cccc2cc(-c3nc([C@H]4CC[C@H](C(=O)O)CC4)n4ncnc(N)c34)[nH]c12.[Na]. The molecule has 5 rings (SSSR count). The molecule has 0 bridgehead atoms. The van der Waals surface area contributed by atoms with Gasteiger partial charge in [-0.15, -0.1) is 0 Å². The number of hydrogen-bond donors (Lipinski definition) is 3. The molecular weight excluding hydrogens is 407 g/mol. The Morgan fingerprint density at radius 3 is 2.77 bits per heavy atom. The minimum Gasteiger partial charge on any atom is -0.495 e.